The lowest BCUT2D eigenvalue weighted by atomic mass is 9.99. The molecule has 0 unspecified atom stereocenters. The molecule has 0 aliphatic carbocycles. The molecule has 0 fully saturated rings. The van der Waals surface area contributed by atoms with Crippen LogP contribution in [-0.4, -0.2) is 70.7 Å². The Morgan fingerprint density at radius 1 is 1.21 bits per heavy atom. The van der Waals surface area contributed by atoms with Gasteiger partial charge in [-0.15, -0.1) is 0 Å². The smallest absolute Gasteiger partial charge is 0.357 e. The summed E-state index contributed by atoms with van der Waals surface area (Å²) in [5.41, 5.74) is 0. The molecule has 0 N–H and O–H groups in total. The van der Waals surface area contributed by atoms with Crippen molar-refractivity contribution in [3.8, 4) is 0 Å². The van der Waals surface area contributed by atoms with Gasteiger partial charge in [0.05, 0.1) is 6.61 Å². The van der Waals surface area contributed by atoms with E-state index >= 15 is 0 Å². The summed E-state index contributed by atoms with van der Waals surface area (Å²) in [5.74, 6) is -0.151. The maximum atomic E-state index is 11.3. The van der Waals surface area contributed by atoms with E-state index < -0.39 is 0 Å². The predicted molar refractivity (Wildman–Crippen MR) is 57.4 cm³/mol. The SMILES string of the molecule is CCOC(=O)C[N+](C)(C)[B-][N+](C)(C)C. The first-order valence-corrected chi connectivity index (χ1v) is 4.83. The van der Waals surface area contributed by atoms with E-state index in [1.165, 1.54) is 0 Å². The van der Waals surface area contributed by atoms with Crippen molar-refractivity contribution in [3.05, 3.63) is 0 Å². The first kappa shape index (κ1) is 13.5. The van der Waals surface area contributed by atoms with Gasteiger partial charge in [-0.05, 0) is 6.92 Å². The average molecular weight is 201 g/mol. The molecule has 0 saturated carbocycles. The summed E-state index contributed by atoms with van der Waals surface area (Å²) in [6, 6.07) is 0. The number of hydrogen-bond acceptors (Lipinski definition) is 2. The normalized spacial score (nSPS) is 12.7. The molecule has 14 heavy (non-hydrogen) atoms. The van der Waals surface area contributed by atoms with E-state index in [1.54, 1.807) is 0 Å². The maximum absolute atomic E-state index is 11.3. The van der Waals surface area contributed by atoms with E-state index in [9.17, 15) is 4.79 Å². The van der Waals surface area contributed by atoms with Gasteiger partial charge in [-0.25, -0.2) is 4.79 Å². The summed E-state index contributed by atoms with van der Waals surface area (Å²) < 4.78 is 6.16. The summed E-state index contributed by atoms with van der Waals surface area (Å²) in [4.78, 5) is 11.3. The molecule has 0 heterocycles. The second-order valence-corrected chi connectivity index (χ2v) is 4.97. The van der Waals surface area contributed by atoms with Crippen LogP contribution in [0.15, 0.2) is 0 Å². The van der Waals surface area contributed by atoms with Crippen molar-refractivity contribution >= 4 is 13.5 Å². The van der Waals surface area contributed by atoms with Crippen molar-refractivity contribution < 1.29 is 18.3 Å². The maximum Gasteiger partial charge on any atom is 0.357 e. The van der Waals surface area contributed by atoms with Crippen molar-refractivity contribution in [2.75, 3.05) is 48.4 Å². The van der Waals surface area contributed by atoms with E-state index in [0.29, 0.717) is 21.9 Å². The van der Waals surface area contributed by atoms with Crippen LogP contribution in [0.3, 0.4) is 0 Å². The van der Waals surface area contributed by atoms with Gasteiger partial charge in [-0.1, -0.05) is 0 Å². The fourth-order valence-corrected chi connectivity index (χ4v) is 1.52. The molecule has 5 heteroatoms. The molecule has 0 atom stereocenters. The highest BCUT2D eigenvalue weighted by atomic mass is 16.5. The minimum atomic E-state index is -0.151. The minimum Gasteiger partial charge on any atom is -0.510 e. The number of hydrogen-bond donors (Lipinski definition) is 0. The number of nitrogens with zero attached hydrogens (tertiary/aromatic N) is 2. The Morgan fingerprint density at radius 3 is 2.07 bits per heavy atom. The largest absolute Gasteiger partial charge is 0.510 e. The molecule has 0 saturated heterocycles. The second kappa shape index (κ2) is 4.80. The van der Waals surface area contributed by atoms with Gasteiger partial charge >= 0.3 is 13.5 Å². The van der Waals surface area contributed by atoms with Crippen LogP contribution in [0.1, 0.15) is 6.92 Å². The zero-order valence-corrected chi connectivity index (χ0v) is 10.2. The van der Waals surface area contributed by atoms with Gasteiger partial charge < -0.3 is 13.5 Å². The van der Waals surface area contributed by atoms with Crippen LogP contribution in [-0.2, 0) is 9.53 Å². The number of carbonyl (C=O) groups excluding carboxylic acids is 1. The van der Waals surface area contributed by atoms with E-state index in [-0.39, 0.29) is 5.97 Å². The third-order valence-corrected chi connectivity index (χ3v) is 1.50. The quantitative estimate of drug-likeness (QED) is 0.457. The zero-order valence-electron chi connectivity index (χ0n) is 10.2. The molecule has 0 bridgehead atoms. The molecule has 0 aromatic carbocycles. The summed E-state index contributed by atoms with van der Waals surface area (Å²) >= 11 is 0. The lowest BCUT2D eigenvalue weighted by molar-refractivity contribution is -0.876. The predicted octanol–water partition coefficient (Wildman–Crippen LogP) is -0.134. The van der Waals surface area contributed by atoms with Crippen LogP contribution in [0.4, 0.5) is 0 Å². The molecule has 0 spiro atoms. The Morgan fingerprint density at radius 2 is 1.71 bits per heavy atom. The zero-order chi connectivity index (χ0) is 11.4. The third-order valence-electron chi connectivity index (χ3n) is 1.50. The number of likely N-dealkylation sites (N-methyl/N-ethyl adjacent to an activating group) is 1. The van der Waals surface area contributed by atoms with Crippen LogP contribution in [0, 0.1) is 0 Å². The van der Waals surface area contributed by atoms with Gasteiger partial charge in [-0.2, -0.15) is 0 Å². The van der Waals surface area contributed by atoms with Crippen molar-refractivity contribution in [2.24, 2.45) is 0 Å². The Labute approximate surface area is 87.9 Å². The van der Waals surface area contributed by atoms with E-state index in [0.717, 1.165) is 0 Å². The molecule has 0 aliphatic rings. The molecular formula is C9H22BN2O2+. The van der Waals surface area contributed by atoms with Gasteiger partial charge in [-0.3, -0.25) is 0 Å². The molecule has 82 valence electrons. The average Bonchev–Trinajstić information content (AvgIpc) is 1.78. The van der Waals surface area contributed by atoms with Gasteiger partial charge in [0.1, 0.15) is 6.54 Å². The molecule has 0 amide bonds. The van der Waals surface area contributed by atoms with Gasteiger partial charge in [0.25, 0.3) is 0 Å². The summed E-state index contributed by atoms with van der Waals surface area (Å²) in [6.07, 6.45) is 0. The highest BCUT2D eigenvalue weighted by Gasteiger charge is 2.20. The number of rotatable bonds is 5. The van der Waals surface area contributed by atoms with Crippen LogP contribution in [0.5, 0.6) is 0 Å². The van der Waals surface area contributed by atoms with Gasteiger partial charge in [0.2, 0.25) is 0 Å². The summed E-state index contributed by atoms with van der Waals surface area (Å²) in [5, 5.41) is 0. The van der Waals surface area contributed by atoms with Crippen LogP contribution in [0.2, 0.25) is 0 Å². The van der Waals surface area contributed by atoms with Gasteiger partial charge in [0, 0.05) is 35.2 Å². The minimum absolute atomic E-state index is 0.151. The van der Waals surface area contributed by atoms with Crippen molar-refractivity contribution in [3.63, 3.8) is 0 Å². The fraction of sp³-hybridized carbons (Fsp3) is 0.889. The molecule has 0 aromatic heterocycles. The first-order chi connectivity index (χ1) is 6.16. The van der Waals surface area contributed by atoms with Gasteiger partial charge in [0.15, 0.2) is 0 Å². The molecule has 2 radical (unpaired) electrons. The van der Waals surface area contributed by atoms with Crippen LogP contribution in [0.25, 0.3) is 0 Å². The molecule has 0 rings (SSSR count). The van der Waals surface area contributed by atoms with E-state index in [2.05, 4.69) is 28.7 Å². The first-order valence-electron chi connectivity index (χ1n) is 4.83. The topological polar surface area (TPSA) is 26.3 Å². The Hall–Kier alpha value is -0.545. The number of quaternary nitrogens is 2. The third kappa shape index (κ3) is 6.92. The molecule has 4 nitrogen and oxygen atoms in total. The number of esters is 1. The van der Waals surface area contributed by atoms with Crippen molar-refractivity contribution in [1.82, 2.24) is 0 Å². The number of carbonyl (C=O) groups is 1. The van der Waals surface area contributed by atoms with Crippen LogP contribution < -0.4 is 0 Å². The molecule has 0 aliphatic heterocycles. The lowest BCUT2D eigenvalue weighted by Gasteiger charge is -2.46. The standard InChI is InChI=1S/C9H22BN2O2/c1-7-14-9(13)8-12(5,6)10-11(2,3)4/h7-8H2,1-6H3/q+1. The van der Waals surface area contributed by atoms with E-state index in [1.807, 2.05) is 21.0 Å². The Bertz CT molecular complexity index is 199. The van der Waals surface area contributed by atoms with Crippen LogP contribution >= 0.6 is 0 Å². The Kier molecular flexibility index (Phi) is 4.61. The van der Waals surface area contributed by atoms with E-state index in [4.69, 9.17) is 4.74 Å². The highest BCUT2D eigenvalue weighted by Crippen LogP contribution is 2.00. The summed E-state index contributed by atoms with van der Waals surface area (Å²) in [7, 11) is 12.2. The Balaban J connectivity index is 4.13. The monoisotopic (exact) mass is 201 g/mol. The lowest BCUT2D eigenvalue weighted by Crippen LogP contribution is -2.58. The fourth-order valence-electron chi connectivity index (χ4n) is 1.52. The molecular weight excluding hydrogens is 179 g/mol. The van der Waals surface area contributed by atoms with Crippen molar-refractivity contribution in [1.29, 1.82) is 0 Å². The second-order valence-electron chi connectivity index (χ2n) is 4.97. The number of ether oxygens (including phenoxy) is 1. The van der Waals surface area contributed by atoms with Crippen molar-refractivity contribution in [2.45, 2.75) is 6.92 Å². The molecule has 0 aromatic rings. The summed E-state index contributed by atoms with van der Waals surface area (Å²) in [6.45, 7) is 2.65. The highest BCUT2D eigenvalue weighted by molar-refractivity contribution is 6.16.